The maximum atomic E-state index is 12.4. The number of carbonyl (C=O) groups is 1. The van der Waals surface area contributed by atoms with Gasteiger partial charge in [-0.15, -0.1) is 0 Å². The van der Waals surface area contributed by atoms with Gasteiger partial charge >= 0.3 is 6.03 Å². The molecule has 1 aliphatic heterocycles. The lowest BCUT2D eigenvalue weighted by atomic mass is 9.99. The molecule has 1 aromatic carbocycles. The Balaban J connectivity index is 1.77. The maximum Gasteiger partial charge on any atom is 0.321 e. The number of fused-ring (bicyclic) bond motifs is 1. The number of urea groups is 1. The van der Waals surface area contributed by atoms with Crippen LogP contribution in [0.25, 0.3) is 10.8 Å². The number of likely N-dealkylation sites (tertiary alicyclic amines) is 1. The Morgan fingerprint density at radius 1 is 1.43 bits per heavy atom. The van der Waals surface area contributed by atoms with Crippen LogP contribution in [0.1, 0.15) is 12.8 Å². The number of aromatic nitrogens is 1. The van der Waals surface area contributed by atoms with E-state index in [1.54, 1.807) is 17.3 Å². The van der Waals surface area contributed by atoms with Crippen molar-refractivity contribution in [2.45, 2.75) is 12.8 Å². The lowest BCUT2D eigenvalue weighted by molar-refractivity contribution is 0.136. The molecule has 3 rings (SSSR count). The second kappa shape index (κ2) is 6.10. The van der Waals surface area contributed by atoms with Crippen molar-refractivity contribution in [3.05, 3.63) is 36.7 Å². The molecule has 0 bridgehead atoms. The van der Waals surface area contributed by atoms with Crippen LogP contribution in [-0.4, -0.2) is 40.7 Å². The summed E-state index contributed by atoms with van der Waals surface area (Å²) in [6.07, 6.45) is 5.44. The van der Waals surface area contributed by atoms with Crippen LogP contribution in [0, 0.1) is 5.92 Å². The largest absolute Gasteiger partial charge is 0.396 e. The summed E-state index contributed by atoms with van der Waals surface area (Å²) in [6, 6.07) is 7.58. The first-order valence-electron chi connectivity index (χ1n) is 7.27. The second-order valence-electron chi connectivity index (χ2n) is 5.47. The first-order valence-corrected chi connectivity index (χ1v) is 7.27. The molecule has 1 unspecified atom stereocenters. The third-order valence-corrected chi connectivity index (χ3v) is 3.99. The molecular weight excluding hydrogens is 266 g/mol. The van der Waals surface area contributed by atoms with Gasteiger partial charge in [-0.1, -0.05) is 12.1 Å². The summed E-state index contributed by atoms with van der Waals surface area (Å²) in [6.45, 7) is 1.51. The monoisotopic (exact) mass is 285 g/mol. The minimum absolute atomic E-state index is 0.0996. The van der Waals surface area contributed by atoms with Crippen LogP contribution in [0.5, 0.6) is 0 Å². The van der Waals surface area contributed by atoms with Gasteiger partial charge in [0.2, 0.25) is 0 Å². The highest BCUT2D eigenvalue weighted by molar-refractivity contribution is 6.01. The van der Waals surface area contributed by atoms with Crippen molar-refractivity contribution in [2.75, 3.05) is 25.0 Å². The Morgan fingerprint density at radius 2 is 2.33 bits per heavy atom. The lowest BCUT2D eigenvalue weighted by Crippen LogP contribution is -2.43. The SMILES string of the molecule is O=C(Nc1cccc2cnccc12)N1CCCC(CO)C1. The molecule has 5 nitrogen and oxygen atoms in total. The van der Waals surface area contributed by atoms with E-state index in [2.05, 4.69) is 10.3 Å². The smallest absolute Gasteiger partial charge is 0.321 e. The van der Waals surface area contributed by atoms with Gasteiger partial charge in [-0.05, 0) is 30.9 Å². The Kier molecular flexibility index (Phi) is 4.01. The number of aliphatic hydroxyl groups excluding tert-OH is 1. The zero-order valence-corrected chi connectivity index (χ0v) is 11.8. The second-order valence-corrected chi connectivity index (χ2v) is 5.47. The fourth-order valence-electron chi connectivity index (χ4n) is 2.82. The van der Waals surface area contributed by atoms with Crippen molar-refractivity contribution in [3.8, 4) is 0 Å². The van der Waals surface area contributed by atoms with E-state index in [1.807, 2.05) is 24.3 Å². The van der Waals surface area contributed by atoms with Gasteiger partial charge in [0.15, 0.2) is 0 Å². The molecule has 110 valence electrons. The van der Waals surface area contributed by atoms with Crippen LogP contribution in [-0.2, 0) is 0 Å². The van der Waals surface area contributed by atoms with E-state index >= 15 is 0 Å². The summed E-state index contributed by atoms with van der Waals surface area (Å²) in [5.41, 5.74) is 0.797. The number of amides is 2. The van der Waals surface area contributed by atoms with Gasteiger partial charge in [-0.3, -0.25) is 4.98 Å². The summed E-state index contributed by atoms with van der Waals surface area (Å²) in [4.78, 5) is 18.3. The van der Waals surface area contributed by atoms with Crippen molar-refractivity contribution in [1.82, 2.24) is 9.88 Å². The number of benzene rings is 1. The lowest BCUT2D eigenvalue weighted by Gasteiger charge is -2.31. The first kappa shape index (κ1) is 13.8. The maximum absolute atomic E-state index is 12.4. The molecule has 1 aromatic heterocycles. The molecule has 0 aliphatic carbocycles. The molecule has 1 fully saturated rings. The number of piperidine rings is 1. The fraction of sp³-hybridized carbons (Fsp3) is 0.375. The topological polar surface area (TPSA) is 65.5 Å². The average molecular weight is 285 g/mol. The molecule has 0 spiro atoms. The number of nitrogens with zero attached hydrogens (tertiary/aromatic N) is 2. The van der Waals surface area contributed by atoms with Crippen molar-refractivity contribution in [2.24, 2.45) is 5.92 Å². The highest BCUT2D eigenvalue weighted by atomic mass is 16.3. The molecule has 2 aromatic rings. The Labute approximate surface area is 123 Å². The minimum atomic E-state index is -0.0996. The van der Waals surface area contributed by atoms with Crippen molar-refractivity contribution < 1.29 is 9.90 Å². The first-order chi connectivity index (χ1) is 10.3. The number of hydrogen-bond donors (Lipinski definition) is 2. The van der Waals surface area contributed by atoms with Crippen molar-refractivity contribution in [3.63, 3.8) is 0 Å². The summed E-state index contributed by atoms with van der Waals surface area (Å²) in [5.74, 6) is 0.196. The van der Waals surface area contributed by atoms with E-state index in [0.29, 0.717) is 6.54 Å². The normalized spacial score (nSPS) is 18.7. The molecule has 2 heterocycles. The van der Waals surface area contributed by atoms with Gasteiger partial charge in [0.1, 0.15) is 0 Å². The molecule has 0 saturated carbocycles. The summed E-state index contributed by atoms with van der Waals surface area (Å²) >= 11 is 0. The zero-order chi connectivity index (χ0) is 14.7. The van der Waals surface area contributed by atoms with E-state index < -0.39 is 0 Å². The summed E-state index contributed by atoms with van der Waals surface area (Å²) < 4.78 is 0. The molecule has 21 heavy (non-hydrogen) atoms. The van der Waals surface area contributed by atoms with Crippen LogP contribution in [0.2, 0.25) is 0 Å². The summed E-state index contributed by atoms with van der Waals surface area (Å²) in [7, 11) is 0. The van der Waals surface area contributed by atoms with Crippen molar-refractivity contribution in [1.29, 1.82) is 0 Å². The van der Waals surface area contributed by atoms with Crippen molar-refractivity contribution >= 4 is 22.5 Å². The highest BCUT2D eigenvalue weighted by Crippen LogP contribution is 2.23. The Morgan fingerprint density at radius 3 is 3.19 bits per heavy atom. The number of carbonyl (C=O) groups excluding carboxylic acids is 1. The number of rotatable bonds is 2. The minimum Gasteiger partial charge on any atom is -0.396 e. The molecule has 2 N–H and O–H groups in total. The standard InChI is InChI=1S/C16H19N3O2/c20-11-12-3-2-8-19(10-12)16(21)18-15-5-1-4-13-9-17-7-6-14(13)15/h1,4-7,9,12,20H,2-3,8,10-11H2,(H,18,21). The van der Waals surface area contributed by atoms with E-state index in [4.69, 9.17) is 0 Å². The average Bonchev–Trinajstić information content (AvgIpc) is 2.55. The van der Waals surface area contributed by atoms with E-state index in [1.165, 1.54) is 0 Å². The molecule has 2 amide bonds. The molecule has 5 heteroatoms. The fourth-order valence-corrected chi connectivity index (χ4v) is 2.82. The predicted octanol–water partition coefficient (Wildman–Crippen LogP) is 2.47. The summed E-state index contributed by atoms with van der Waals surface area (Å²) in [5, 5.41) is 14.2. The Bertz CT molecular complexity index is 639. The third kappa shape index (κ3) is 2.97. The van der Waals surface area contributed by atoms with E-state index in [-0.39, 0.29) is 18.6 Å². The highest BCUT2D eigenvalue weighted by Gasteiger charge is 2.23. The number of aliphatic hydroxyl groups is 1. The zero-order valence-electron chi connectivity index (χ0n) is 11.8. The molecular formula is C16H19N3O2. The quantitative estimate of drug-likeness (QED) is 0.891. The number of pyridine rings is 1. The number of anilines is 1. The molecule has 1 saturated heterocycles. The Hall–Kier alpha value is -2.14. The number of nitrogens with one attached hydrogen (secondary N) is 1. The van der Waals surface area contributed by atoms with Crippen LogP contribution < -0.4 is 5.32 Å². The predicted molar refractivity (Wildman–Crippen MR) is 82.1 cm³/mol. The van der Waals surface area contributed by atoms with Gasteiger partial charge < -0.3 is 15.3 Å². The third-order valence-electron chi connectivity index (χ3n) is 3.99. The van der Waals surface area contributed by atoms with Gasteiger partial charge in [-0.2, -0.15) is 0 Å². The molecule has 0 radical (unpaired) electrons. The van der Waals surface area contributed by atoms with Crippen LogP contribution in [0.15, 0.2) is 36.7 Å². The number of hydrogen-bond acceptors (Lipinski definition) is 3. The molecule has 1 aliphatic rings. The van der Waals surface area contributed by atoms with E-state index in [9.17, 15) is 9.90 Å². The van der Waals surface area contributed by atoms with Crippen LogP contribution in [0.4, 0.5) is 10.5 Å². The molecule has 1 atom stereocenters. The van der Waals surface area contributed by atoms with Gasteiger partial charge in [-0.25, -0.2) is 4.79 Å². The van der Waals surface area contributed by atoms with Crippen LogP contribution in [0.3, 0.4) is 0 Å². The van der Waals surface area contributed by atoms with Crippen LogP contribution >= 0.6 is 0 Å². The van der Waals surface area contributed by atoms with Gasteiger partial charge in [0.25, 0.3) is 0 Å². The van der Waals surface area contributed by atoms with Gasteiger partial charge in [0.05, 0.1) is 5.69 Å². The van der Waals surface area contributed by atoms with Gasteiger partial charge in [0, 0.05) is 42.9 Å². The van der Waals surface area contributed by atoms with E-state index in [0.717, 1.165) is 35.8 Å².